The summed E-state index contributed by atoms with van der Waals surface area (Å²) in [6, 6.07) is 23.9. The predicted molar refractivity (Wildman–Crippen MR) is 139 cm³/mol. The molecule has 174 valence electrons. The molecule has 1 heterocycles. The summed E-state index contributed by atoms with van der Waals surface area (Å²) in [5.41, 5.74) is 5.49. The van der Waals surface area contributed by atoms with Gasteiger partial charge >= 0.3 is 0 Å². The van der Waals surface area contributed by atoms with Gasteiger partial charge in [0, 0.05) is 17.7 Å². The number of nitrogens with zero attached hydrogens (tertiary/aromatic N) is 3. The SMILES string of the molecule is CC(=O)NC(Cc1ccccc1)c1nnc(SCc2cccc(C)c2)n1-c1cc(Cl)ccc1C. The highest BCUT2D eigenvalue weighted by atomic mass is 35.5. The monoisotopic (exact) mass is 490 g/mol. The Morgan fingerprint density at radius 2 is 1.76 bits per heavy atom. The van der Waals surface area contributed by atoms with E-state index in [1.165, 1.54) is 18.1 Å². The van der Waals surface area contributed by atoms with Crippen LogP contribution in [0.1, 0.15) is 41.0 Å². The molecule has 7 heteroatoms. The van der Waals surface area contributed by atoms with Crippen LogP contribution in [0.25, 0.3) is 5.69 Å². The molecule has 5 nitrogen and oxygen atoms in total. The summed E-state index contributed by atoms with van der Waals surface area (Å²) in [6.07, 6.45) is 0.598. The minimum atomic E-state index is -0.348. The van der Waals surface area contributed by atoms with E-state index in [1.54, 1.807) is 11.8 Å². The van der Waals surface area contributed by atoms with Crippen molar-refractivity contribution in [3.63, 3.8) is 0 Å². The van der Waals surface area contributed by atoms with Crippen molar-refractivity contribution in [2.24, 2.45) is 0 Å². The third kappa shape index (κ3) is 5.88. The molecule has 4 rings (SSSR count). The highest BCUT2D eigenvalue weighted by molar-refractivity contribution is 7.98. The Kier molecular flexibility index (Phi) is 7.70. The molecule has 34 heavy (non-hydrogen) atoms. The fraction of sp³-hybridized carbons (Fsp3) is 0.222. The minimum Gasteiger partial charge on any atom is -0.346 e. The number of carbonyl (C=O) groups excluding carboxylic acids is 1. The Morgan fingerprint density at radius 3 is 2.50 bits per heavy atom. The maximum atomic E-state index is 12.1. The first kappa shape index (κ1) is 24.0. The number of aryl methyl sites for hydroxylation is 2. The van der Waals surface area contributed by atoms with E-state index in [-0.39, 0.29) is 11.9 Å². The molecule has 0 aliphatic heterocycles. The van der Waals surface area contributed by atoms with Crippen LogP contribution < -0.4 is 5.32 Å². The van der Waals surface area contributed by atoms with Crippen molar-refractivity contribution in [1.82, 2.24) is 20.1 Å². The number of halogens is 1. The van der Waals surface area contributed by atoms with E-state index >= 15 is 0 Å². The maximum absolute atomic E-state index is 12.1. The van der Waals surface area contributed by atoms with Gasteiger partial charge in [0.2, 0.25) is 5.91 Å². The number of nitrogens with one attached hydrogen (secondary N) is 1. The molecule has 1 amide bonds. The zero-order valence-corrected chi connectivity index (χ0v) is 21.0. The first-order valence-corrected chi connectivity index (χ1v) is 12.5. The van der Waals surface area contributed by atoms with Crippen LogP contribution in [0.15, 0.2) is 78.0 Å². The highest BCUT2D eigenvalue weighted by Gasteiger charge is 2.25. The van der Waals surface area contributed by atoms with Gasteiger partial charge in [-0.1, -0.05) is 89.6 Å². The number of hydrogen-bond acceptors (Lipinski definition) is 4. The van der Waals surface area contributed by atoms with Crippen molar-refractivity contribution in [1.29, 1.82) is 0 Å². The van der Waals surface area contributed by atoms with Crippen LogP contribution in [0.4, 0.5) is 0 Å². The number of carbonyl (C=O) groups is 1. The van der Waals surface area contributed by atoms with Crippen LogP contribution in [0.2, 0.25) is 5.02 Å². The van der Waals surface area contributed by atoms with Gasteiger partial charge in [-0.3, -0.25) is 9.36 Å². The molecule has 0 saturated carbocycles. The highest BCUT2D eigenvalue weighted by Crippen LogP contribution is 2.31. The average molecular weight is 491 g/mol. The van der Waals surface area contributed by atoms with Gasteiger partial charge in [-0.25, -0.2) is 0 Å². The largest absolute Gasteiger partial charge is 0.346 e. The maximum Gasteiger partial charge on any atom is 0.217 e. The van der Waals surface area contributed by atoms with Gasteiger partial charge < -0.3 is 5.32 Å². The fourth-order valence-electron chi connectivity index (χ4n) is 3.90. The Balaban J connectivity index is 1.77. The summed E-state index contributed by atoms with van der Waals surface area (Å²) in [4.78, 5) is 12.1. The van der Waals surface area contributed by atoms with Crippen molar-refractivity contribution in [2.45, 2.75) is 44.1 Å². The Bertz CT molecular complexity index is 1290. The fourth-order valence-corrected chi connectivity index (χ4v) is 4.96. The summed E-state index contributed by atoms with van der Waals surface area (Å²) in [5.74, 6) is 1.31. The lowest BCUT2D eigenvalue weighted by atomic mass is 10.0. The summed E-state index contributed by atoms with van der Waals surface area (Å²) in [7, 11) is 0. The number of rotatable bonds is 8. The van der Waals surface area contributed by atoms with E-state index in [1.807, 2.05) is 60.0 Å². The summed E-state index contributed by atoms with van der Waals surface area (Å²) in [6.45, 7) is 5.65. The standard InChI is InChI=1S/C27H27ClN4OS/c1-18-8-7-11-22(14-18)17-34-27-31-30-26(32(27)25-16-23(28)13-12-19(25)2)24(29-20(3)33)15-21-9-5-4-6-10-21/h4-14,16,24H,15,17H2,1-3H3,(H,29,33). The number of benzene rings is 3. The van der Waals surface area contributed by atoms with Gasteiger partial charge in [-0.05, 0) is 49.1 Å². The van der Waals surface area contributed by atoms with Crippen molar-refractivity contribution < 1.29 is 4.79 Å². The Labute approximate surface area is 209 Å². The van der Waals surface area contributed by atoms with Crippen LogP contribution in [0.5, 0.6) is 0 Å². The molecule has 1 N–H and O–H groups in total. The third-order valence-electron chi connectivity index (χ3n) is 5.49. The van der Waals surface area contributed by atoms with Crippen LogP contribution in [0.3, 0.4) is 0 Å². The Morgan fingerprint density at radius 1 is 1.00 bits per heavy atom. The lowest BCUT2D eigenvalue weighted by molar-refractivity contribution is -0.119. The minimum absolute atomic E-state index is 0.118. The molecular weight excluding hydrogens is 464 g/mol. The van der Waals surface area contributed by atoms with Crippen LogP contribution >= 0.6 is 23.4 Å². The van der Waals surface area contributed by atoms with Crippen molar-refractivity contribution in [3.05, 3.63) is 106 Å². The quantitative estimate of drug-likeness (QED) is 0.296. The number of thioether (sulfide) groups is 1. The van der Waals surface area contributed by atoms with Gasteiger partial charge in [0.25, 0.3) is 0 Å². The average Bonchev–Trinajstić information content (AvgIpc) is 3.23. The molecule has 4 aromatic rings. The molecule has 1 unspecified atom stereocenters. The lowest BCUT2D eigenvalue weighted by Gasteiger charge is -2.20. The molecule has 0 bridgehead atoms. The van der Waals surface area contributed by atoms with E-state index in [4.69, 9.17) is 11.6 Å². The molecule has 3 aromatic carbocycles. The summed E-state index contributed by atoms with van der Waals surface area (Å²) >= 11 is 8.01. The van der Waals surface area contributed by atoms with Gasteiger partial charge in [0.05, 0.1) is 11.7 Å². The second kappa shape index (κ2) is 10.9. The molecule has 0 aliphatic carbocycles. The van der Waals surface area contributed by atoms with E-state index in [2.05, 4.69) is 46.7 Å². The molecule has 0 saturated heterocycles. The molecule has 0 spiro atoms. The first-order chi connectivity index (χ1) is 16.4. The van der Waals surface area contributed by atoms with E-state index < -0.39 is 0 Å². The van der Waals surface area contributed by atoms with E-state index in [9.17, 15) is 4.79 Å². The van der Waals surface area contributed by atoms with Crippen molar-refractivity contribution in [2.75, 3.05) is 0 Å². The van der Waals surface area contributed by atoms with E-state index in [0.717, 1.165) is 27.7 Å². The smallest absolute Gasteiger partial charge is 0.217 e. The van der Waals surface area contributed by atoms with Gasteiger partial charge in [-0.15, -0.1) is 10.2 Å². The molecule has 0 fully saturated rings. The van der Waals surface area contributed by atoms with Crippen molar-refractivity contribution >= 4 is 29.3 Å². The van der Waals surface area contributed by atoms with Gasteiger partial charge in [0.1, 0.15) is 0 Å². The van der Waals surface area contributed by atoms with Crippen LogP contribution in [-0.2, 0) is 17.0 Å². The molecule has 0 radical (unpaired) electrons. The lowest BCUT2D eigenvalue weighted by Crippen LogP contribution is -2.30. The predicted octanol–water partition coefficient (Wildman–Crippen LogP) is 6.25. The van der Waals surface area contributed by atoms with Crippen molar-refractivity contribution in [3.8, 4) is 5.69 Å². The molecule has 0 aliphatic rings. The molecular formula is C27H27ClN4OS. The van der Waals surface area contributed by atoms with Crippen LogP contribution in [-0.4, -0.2) is 20.7 Å². The van der Waals surface area contributed by atoms with E-state index in [0.29, 0.717) is 17.3 Å². The van der Waals surface area contributed by atoms with Gasteiger partial charge in [0.15, 0.2) is 11.0 Å². The summed E-state index contributed by atoms with van der Waals surface area (Å²) < 4.78 is 2.03. The van der Waals surface area contributed by atoms with Crippen LogP contribution in [0, 0.1) is 13.8 Å². The number of amides is 1. The summed E-state index contributed by atoms with van der Waals surface area (Å²) in [5, 5.41) is 13.6. The number of aromatic nitrogens is 3. The third-order valence-corrected chi connectivity index (χ3v) is 6.73. The first-order valence-electron chi connectivity index (χ1n) is 11.1. The number of hydrogen-bond donors (Lipinski definition) is 1. The van der Waals surface area contributed by atoms with Gasteiger partial charge in [-0.2, -0.15) is 0 Å². The second-order valence-corrected chi connectivity index (χ2v) is 9.71. The molecule has 1 aromatic heterocycles. The zero-order chi connectivity index (χ0) is 24.1. The molecule has 1 atom stereocenters. The zero-order valence-electron chi connectivity index (χ0n) is 19.5. The second-order valence-electron chi connectivity index (χ2n) is 8.33. The Hall–Kier alpha value is -3.09. The topological polar surface area (TPSA) is 59.8 Å². The normalized spacial score (nSPS) is 11.9.